The summed E-state index contributed by atoms with van der Waals surface area (Å²) in [7, 11) is 4.18. The molecule has 0 saturated carbocycles. The maximum absolute atomic E-state index is 12.5. The molecule has 3 nitrogen and oxygen atoms in total. The van der Waals surface area contributed by atoms with Crippen molar-refractivity contribution in [1.82, 2.24) is 9.80 Å². The van der Waals surface area contributed by atoms with E-state index in [9.17, 15) is 4.79 Å². The van der Waals surface area contributed by atoms with Gasteiger partial charge in [-0.25, -0.2) is 0 Å². The minimum absolute atomic E-state index is 0.321. The highest BCUT2D eigenvalue weighted by Crippen LogP contribution is 2.14. The van der Waals surface area contributed by atoms with E-state index in [1.165, 1.54) is 77.0 Å². The van der Waals surface area contributed by atoms with Crippen molar-refractivity contribution >= 4 is 5.91 Å². The Balaban J connectivity index is 3.54. The molecule has 1 amide bonds. The van der Waals surface area contributed by atoms with Crippen molar-refractivity contribution in [2.45, 2.75) is 123 Å². The van der Waals surface area contributed by atoms with Gasteiger partial charge in [0.1, 0.15) is 0 Å². The summed E-state index contributed by atoms with van der Waals surface area (Å²) in [5.74, 6) is 0.354. The van der Waals surface area contributed by atoms with E-state index in [-0.39, 0.29) is 0 Å². The third-order valence-corrected chi connectivity index (χ3v) is 5.44. The van der Waals surface area contributed by atoms with Crippen molar-refractivity contribution in [3.63, 3.8) is 0 Å². The van der Waals surface area contributed by atoms with Crippen LogP contribution in [0, 0.1) is 0 Å². The average molecular weight is 383 g/mol. The first kappa shape index (κ1) is 26.4. The second-order valence-electron chi connectivity index (χ2n) is 8.83. The smallest absolute Gasteiger partial charge is 0.222 e. The molecule has 0 aliphatic heterocycles. The molecule has 162 valence electrons. The van der Waals surface area contributed by atoms with Gasteiger partial charge in [0, 0.05) is 19.0 Å². The molecule has 0 heterocycles. The van der Waals surface area contributed by atoms with Crippen LogP contribution in [-0.2, 0) is 4.79 Å². The lowest BCUT2D eigenvalue weighted by Crippen LogP contribution is -2.38. The first-order valence-corrected chi connectivity index (χ1v) is 11.9. The van der Waals surface area contributed by atoms with E-state index in [4.69, 9.17) is 0 Å². The molecule has 3 heteroatoms. The highest BCUT2D eigenvalue weighted by Gasteiger charge is 2.15. The van der Waals surface area contributed by atoms with Crippen LogP contribution in [-0.4, -0.2) is 48.9 Å². The summed E-state index contributed by atoms with van der Waals surface area (Å²) < 4.78 is 0. The predicted octanol–water partition coefficient (Wildman–Crippen LogP) is 6.66. The number of hydrogen-bond acceptors (Lipinski definition) is 2. The van der Waals surface area contributed by atoms with E-state index < -0.39 is 0 Å². The van der Waals surface area contributed by atoms with E-state index in [0.29, 0.717) is 11.9 Å². The molecule has 0 aliphatic rings. The van der Waals surface area contributed by atoms with Crippen molar-refractivity contribution in [2.24, 2.45) is 0 Å². The average Bonchev–Trinajstić information content (AvgIpc) is 2.62. The first-order chi connectivity index (χ1) is 13.0. The maximum Gasteiger partial charge on any atom is 0.222 e. The Bertz CT molecular complexity index is 328. The van der Waals surface area contributed by atoms with Crippen LogP contribution in [0.25, 0.3) is 0 Å². The minimum Gasteiger partial charge on any atom is -0.340 e. The molecule has 27 heavy (non-hydrogen) atoms. The van der Waals surface area contributed by atoms with E-state index >= 15 is 0 Å². The Kier molecular flexibility index (Phi) is 18.4. The quantitative estimate of drug-likeness (QED) is 0.233. The minimum atomic E-state index is 0.321. The Morgan fingerprint density at radius 2 is 1.11 bits per heavy atom. The van der Waals surface area contributed by atoms with Crippen LogP contribution >= 0.6 is 0 Å². The number of hydrogen-bond donors (Lipinski definition) is 0. The number of carbonyl (C=O) groups excluding carboxylic acids is 1. The fourth-order valence-corrected chi connectivity index (χ4v) is 3.67. The molecule has 0 aromatic carbocycles. The number of amides is 1. The molecular formula is C24H50N2O. The zero-order valence-electron chi connectivity index (χ0n) is 19.4. The van der Waals surface area contributed by atoms with Gasteiger partial charge < -0.3 is 9.80 Å². The molecule has 0 N–H and O–H groups in total. The van der Waals surface area contributed by atoms with E-state index in [1.807, 2.05) is 0 Å². The summed E-state index contributed by atoms with van der Waals surface area (Å²) in [5.41, 5.74) is 0. The van der Waals surface area contributed by atoms with Crippen LogP contribution in [0.5, 0.6) is 0 Å². The predicted molar refractivity (Wildman–Crippen MR) is 120 cm³/mol. The topological polar surface area (TPSA) is 23.6 Å². The Morgan fingerprint density at radius 3 is 1.52 bits per heavy atom. The summed E-state index contributed by atoms with van der Waals surface area (Å²) in [6, 6.07) is 0.321. The molecule has 0 fully saturated rings. The lowest BCUT2D eigenvalue weighted by atomic mass is 10.0. The maximum atomic E-state index is 12.5. The van der Waals surface area contributed by atoms with Gasteiger partial charge in [-0.15, -0.1) is 0 Å². The van der Waals surface area contributed by atoms with Gasteiger partial charge in [0.05, 0.1) is 0 Å². The lowest BCUT2D eigenvalue weighted by Gasteiger charge is -2.27. The first-order valence-electron chi connectivity index (χ1n) is 11.9. The highest BCUT2D eigenvalue weighted by atomic mass is 16.2. The van der Waals surface area contributed by atoms with Gasteiger partial charge in [-0.2, -0.15) is 0 Å². The van der Waals surface area contributed by atoms with Gasteiger partial charge in [-0.05, 0) is 47.3 Å². The monoisotopic (exact) mass is 382 g/mol. The van der Waals surface area contributed by atoms with E-state index in [0.717, 1.165) is 32.4 Å². The van der Waals surface area contributed by atoms with Crippen molar-refractivity contribution in [1.29, 1.82) is 0 Å². The summed E-state index contributed by atoms with van der Waals surface area (Å²) in [4.78, 5) is 16.7. The van der Waals surface area contributed by atoms with Crippen LogP contribution in [0.15, 0.2) is 0 Å². The van der Waals surface area contributed by atoms with Crippen LogP contribution in [0.4, 0.5) is 0 Å². The molecule has 0 aromatic rings. The number of nitrogens with zero attached hydrogens (tertiary/aromatic N) is 2. The summed E-state index contributed by atoms with van der Waals surface area (Å²) in [6.45, 7) is 8.50. The zero-order valence-corrected chi connectivity index (χ0v) is 19.4. The van der Waals surface area contributed by atoms with E-state index in [2.05, 4.69) is 44.7 Å². The van der Waals surface area contributed by atoms with Crippen molar-refractivity contribution < 1.29 is 4.79 Å². The van der Waals surface area contributed by atoms with Gasteiger partial charge in [-0.3, -0.25) is 4.79 Å². The molecule has 0 atom stereocenters. The van der Waals surface area contributed by atoms with Crippen molar-refractivity contribution in [3.05, 3.63) is 0 Å². The third kappa shape index (κ3) is 17.3. The second kappa shape index (κ2) is 18.8. The Morgan fingerprint density at radius 1 is 0.667 bits per heavy atom. The molecule has 0 radical (unpaired) electrons. The van der Waals surface area contributed by atoms with Crippen LogP contribution < -0.4 is 0 Å². The highest BCUT2D eigenvalue weighted by molar-refractivity contribution is 5.76. The van der Waals surface area contributed by atoms with Gasteiger partial charge in [0.25, 0.3) is 0 Å². The molecule has 0 rings (SSSR count). The molecule has 0 saturated heterocycles. The fraction of sp³-hybridized carbons (Fsp3) is 0.958. The SMILES string of the molecule is CCCCCCCCCCCCCCCC(=O)N(CCCN(C)C)C(C)C. The fourth-order valence-electron chi connectivity index (χ4n) is 3.67. The Hall–Kier alpha value is -0.570. The summed E-state index contributed by atoms with van der Waals surface area (Å²) in [6.07, 6.45) is 19.4. The standard InChI is InChI=1S/C24H50N2O/c1-6-7-8-9-10-11-12-13-14-15-16-17-18-20-24(27)26(23(2)3)22-19-21-25(4)5/h23H,6-22H2,1-5H3. The third-order valence-electron chi connectivity index (χ3n) is 5.44. The lowest BCUT2D eigenvalue weighted by molar-refractivity contribution is -0.133. The van der Waals surface area contributed by atoms with Crippen LogP contribution in [0.1, 0.15) is 117 Å². The van der Waals surface area contributed by atoms with Gasteiger partial charge in [0.2, 0.25) is 5.91 Å². The van der Waals surface area contributed by atoms with Gasteiger partial charge in [0.15, 0.2) is 0 Å². The number of unbranched alkanes of at least 4 members (excludes halogenated alkanes) is 12. The van der Waals surface area contributed by atoms with Crippen LogP contribution in [0.3, 0.4) is 0 Å². The summed E-state index contributed by atoms with van der Waals surface area (Å²) in [5, 5.41) is 0. The molecule has 0 unspecified atom stereocenters. The molecule has 0 aliphatic carbocycles. The van der Waals surface area contributed by atoms with Gasteiger partial charge >= 0.3 is 0 Å². The summed E-state index contributed by atoms with van der Waals surface area (Å²) >= 11 is 0. The molecular weight excluding hydrogens is 332 g/mol. The van der Waals surface area contributed by atoms with Crippen LogP contribution in [0.2, 0.25) is 0 Å². The van der Waals surface area contributed by atoms with Gasteiger partial charge in [-0.1, -0.05) is 84.0 Å². The number of carbonyl (C=O) groups is 1. The molecule has 0 aromatic heterocycles. The molecule has 0 bridgehead atoms. The second-order valence-corrected chi connectivity index (χ2v) is 8.83. The Labute approximate surface area is 171 Å². The van der Waals surface area contributed by atoms with Crippen molar-refractivity contribution in [3.8, 4) is 0 Å². The van der Waals surface area contributed by atoms with E-state index in [1.54, 1.807) is 0 Å². The molecule has 0 spiro atoms. The number of rotatable bonds is 19. The largest absolute Gasteiger partial charge is 0.340 e. The normalized spacial score (nSPS) is 11.5. The van der Waals surface area contributed by atoms with Crippen molar-refractivity contribution in [2.75, 3.05) is 27.2 Å². The zero-order chi connectivity index (χ0) is 20.3.